The van der Waals surface area contributed by atoms with Gasteiger partial charge in [0.25, 0.3) is 0 Å². The van der Waals surface area contributed by atoms with Gasteiger partial charge in [0, 0.05) is 56.5 Å². The largest absolute Gasteiger partial charge is 0.465 e. The zero-order chi connectivity index (χ0) is 32.7. The Labute approximate surface area is 256 Å². The van der Waals surface area contributed by atoms with Gasteiger partial charge in [0.05, 0.1) is 11.1 Å². The number of carboxylic acid groups (broad SMARTS) is 1. The summed E-state index contributed by atoms with van der Waals surface area (Å²) in [6.07, 6.45) is -8.77. The molecule has 244 valence electrons. The summed E-state index contributed by atoms with van der Waals surface area (Å²) in [5.41, 5.74) is -1.34. The number of amides is 3. The fourth-order valence-electron chi connectivity index (χ4n) is 6.64. The van der Waals surface area contributed by atoms with Gasteiger partial charge in [-0.1, -0.05) is 24.3 Å². The van der Waals surface area contributed by atoms with Gasteiger partial charge in [-0.3, -0.25) is 9.59 Å². The van der Waals surface area contributed by atoms with E-state index < -0.39 is 48.0 Å². The molecule has 2 saturated heterocycles. The highest BCUT2D eigenvalue weighted by Crippen LogP contribution is 2.41. The third-order valence-electron chi connectivity index (χ3n) is 9.22. The van der Waals surface area contributed by atoms with Crippen molar-refractivity contribution in [2.75, 3.05) is 26.2 Å². The van der Waals surface area contributed by atoms with Crippen LogP contribution in [0.2, 0.25) is 0 Å². The fraction of sp³-hybridized carbons (Fsp3) is 0.531. The molecule has 2 heterocycles. The van der Waals surface area contributed by atoms with Gasteiger partial charge in [0.1, 0.15) is 0 Å². The smallest absolute Gasteiger partial charge is 0.416 e. The summed E-state index contributed by atoms with van der Waals surface area (Å²) >= 11 is 0. The lowest BCUT2D eigenvalue weighted by atomic mass is 9.77. The molecule has 2 aromatic carbocycles. The quantitative estimate of drug-likeness (QED) is 0.364. The van der Waals surface area contributed by atoms with Gasteiger partial charge >= 0.3 is 18.4 Å². The molecule has 0 unspecified atom stereocenters. The maximum atomic E-state index is 14.2. The van der Waals surface area contributed by atoms with E-state index in [4.69, 9.17) is 0 Å². The Morgan fingerprint density at radius 3 is 1.96 bits per heavy atom. The molecule has 13 heteroatoms. The molecule has 5 rings (SSSR count). The Bertz CT molecular complexity index is 1400. The predicted octanol–water partition coefficient (Wildman–Crippen LogP) is 6.55. The summed E-state index contributed by atoms with van der Waals surface area (Å²) in [4.78, 5) is 43.5. The molecular formula is C32H35F6N3O4. The minimum Gasteiger partial charge on any atom is -0.465 e. The normalized spacial score (nSPS) is 21.5. The monoisotopic (exact) mass is 639 g/mol. The molecule has 0 spiro atoms. The maximum Gasteiger partial charge on any atom is 0.416 e. The molecule has 7 nitrogen and oxygen atoms in total. The first-order valence-electron chi connectivity index (χ1n) is 15.0. The third kappa shape index (κ3) is 7.38. The number of halogens is 6. The van der Waals surface area contributed by atoms with Gasteiger partial charge in [0.2, 0.25) is 11.8 Å². The molecule has 1 aliphatic carbocycles. The number of hydrogen-bond acceptors (Lipinski definition) is 3. The first-order valence-corrected chi connectivity index (χ1v) is 15.0. The number of benzene rings is 2. The first-order chi connectivity index (χ1) is 21.1. The Kier molecular flexibility index (Phi) is 9.10. The van der Waals surface area contributed by atoms with E-state index in [9.17, 15) is 45.8 Å². The maximum absolute atomic E-state index is 14.2. The molecule has 2 atom stereocenters. The van der Waals surface area contributed by atoms with Gasteiger partial charge in [0.15, 0.2) is 0 Å². The predicted molar refractivity (Wildman–Crippen MR) is 151 cm³/mol. The molecule has 3 amide bonds. The van der Waals surface area contributed by atoms with E-state index in [2.05, 4.69) is 0 Å². The van der Waals surface area contributed by atoms with Crippen LogP contribution >= 0.6 is 0 Å². The van der Waals surface area contributed by atoms with Crippen LogP contribution in [0.3, 0.4) is 0 Å². The van der Waals surface area contributed by atoms with Crippen molar-refractivity contribution in [2.24, 2.45) is 11.8 Å². The van der Waals surface area contributed by atoms with Crippen LogP contribution in [0.4, 0.5) is 31.1 Å². The summed E-state index contributed by atoms with van der Waals surface area (Å²) in [6, 6.07) is 8.58. The number of nitrogens with zero attached hydrogens (tertiary/aromatic N) is 3. The second-order valence-corrected chi connectivity index (χ2v) is 12.3. The lowest BCUT2D eigenvalue weighted by Crippen LogP contribution is -2.51. The molecule has 0 radical (unpaired) electrons. The van der Waals surface area contributed by atoms with Crippen molar-refractivity contribution in [2.45, 2.75) is 69.9 Å². The number of aryl methyl sites for hydroxylation is 1. The molecule has 3 fully saturated rings. The number of carbonyl (C=O) groups excluding carboxylic acids is 2. The molecule has 2 aliphatic heterocycles. The third-order valence-corrected chi connectivity index (χ3v) is 9.22. The van der Waals surface area contributed by atoms with E-state index in [0.717, 1.165) is 11.1 Å². The minimum atomic E-state index is -5.00. The van der Waals surface area contributed by atoms with Crippen molar-refractivity contribution in [3.05, 3.63) is 70.3 Å². The van der Waals surface area contributed by atoms with Crippen LogP contribution in [-0.4, -0.2) is 69.9 Å². The molecule has 1 N–H and O–H groups in total. The van der Waals surface area contributed by atoms with Crippen LogP contribution in [0.25, 0.3) is 0 Å². The number of rotatable bonds is 6. The lowest BCUT2D eigenvalue weighted by molar-refractivity contribution is -0.145. The fourth-order valence-corrected chi connectivity index (χ4v) is 6.64. The molecule has 3 aliphatic rings. The Morgan fingerprint density at radius 1 is 0.844 bits per heavy atom. The summed E-state index contributed by atoms with van der Waals surface area (Å²) in [6.45, 7) is 2.49. The Balaban J connectivity index is 1.41. The average molecular weight is 640 g/mol. The molecule has 45 heavy (non-hydrogen) atoms. The molecule has 0 aromatic heterocycles. The molecular weight excluding hydrogens is 604 g/mol. The van der Waals surface area contributed by atoms with Crippen LogP contribution in [-0.2, 0) is 28.5 Å². The highest BCUT2D eigenvalue weighted by molar-refractivity contribution is 5.83. The molecule has 1 saturated carbocycles. The summed E-state index contributed by atoms with van der Waals surface area (Å²) in [5.74, 6) is -1.88. The minimum absolute atomic E-state index is 0.0826. The molecule has 0 bridgehead atoms. The van der Waals surface area contributed by atoms with E-state index in [-0.39, 0.29) is 68.0 Å². The van der Waals surface area contributed by atoms with E-state index in [1.165, 1.54) is 9.80 Å². The van der Waals surface area contributed by atoms with E-state index >= 15 is 0 Å². The van der Waals surface area contributed by atoms with Gasteiger partial charge in [-0.15, -0.1) is 0 Å². The Hall–Kier alpha value is -3.77. The van der Waals surface area contributed by atoms with Crippen molar-refractivity contribution in [3.8, 4) is 0 Å². The zero-order valence-electron chi connectivity index (χ0n) is 24.7. The highest BCUT2D eigenvalue weighted by Gasteiger charge is 2.44. The summed E-state index contributed by atoms with van der Waals surface area (Å²) < 4.78 is 81.3. The van der Waals surface area contributed by atoms with Gasteiger partial charge in [-0.2, -0.15) is 26.3 Å². The van der Waals surface area contributed by atoms with Gasteiger partial charge < -0.3 is 19.8 Å². The van der Waals surface area contributed by atoms with Crippen molar-refractivity contribution in [3.63, 3.8) is 0 Å². The van der Waals surface area contributed by atoms with Crippen LogP contribution < -0.4 is 0 Å². The average Bonchev–Trinajstić information content (AvgIpc) is 3.84. The van der Waals surface area contributed by atoms with E-state index in [1.807, 2.05) is 31.2 Å². The van der Waals surface area contributed by atoms with Crippen LogP contribution in [0.1, 0.15) is 65.8 Å². The molecule has 2 aromatic rings. The standard InChI is InChI=1S/C32H35F6N3O4/c1-19-4-2-3-5-25(19)27-18-40(28(42)21-8-11-39(12-9-21)30(44)45)13-10-26(27)29(43)41(24-6-7-24)17-20-14-22(31(33,34)35)16-23(15-20)32(36,37)38/h2-5,14-16,21,24,26-27H,6-13,17-18H2,1H3,(H,44,45)/t26-,27+/m1/s1. The van der Waals surface area contributed by atoms with E-state index in [1.54, 1.807) is 4.90 Å². The summed E-state index contributed by atoms with van der Waals surface area (Å²) in [7, 11) is 0. The van der Waals surface area contributed by atoms with Gasteiger partial charge in [-0.05, 0) is 73.9 Å². The van der Waals surface area contributed by atoms with Crippen LogP contribution in [0.15, 0.2) is 42.5 Å². The van der Waals surface area contributed by atoms with Crippen molar-refractivity contribution >= 4 is 17.9 Å². The number of hydrogen-bond donors (Lipinski definition) is 1. The van der Waals surface area contributed by atoms with Crippen molar-refractivity contribution in [1.29, 1.82) is 0 Å². The lowest BCUT2D eigenvalue weighted by Gasteiger charge is -2.42. The number of piperidine rings is 2. The highest BCUT2D eigenvalue weighted by atomic mass is 19.4. The van der Waals surface area contributed by atoms with Crippen molar-refractivity contribution in [1.82, 2.24) is 14.7 Å². The van der Waals surface area contributed by atoms with Crippen LogP contribution in [0.5, 0.6) is 0 Å². The second kappa shape index (κ2) is 12.6. The van der Waals surface area contributed by atoms with Crippen molar-refractivity contribution < 1.29 is 45.8 Å². The number of alkyl halides is 6. The Morgan fingerprint density at radius 2 is 1.42 bits per heavy atom. The summed E-state index contributed by atoms with van der Waals surface area (Å²) in [5, 5.41) is 9.25. The zero-order valence-corrected chi connectivity index (χ0v) is 24.7. The van der Waals surface area contributed by atoms with Crippen LogP contribution in [0, 0.1) is 18.8 Å². The number of likely N-dealkylation sites (tertiary alicyclic amines) is 2. The topological polar surface area (TPSA) is 81.2 Å². The van der Waals surface area contributed by atoms with E-state index in [0.29, 0.717) is 37.8 Å². The second-order valence-electron chi connectivity index (χ2n) is 12.3. The van der Waals surface area contributed by atoms with Gasteiger partial charge in [-0.25, -0.2) is 4.79 Å². The number of carbonyl (C=O) groups is 3. The first kappa shape index (κ1) is 32.6. The SMILES string of the molecule is Cc1ccccc1[C@@H]1CN(C(=O)C2CCN(C(=O)O)CC2)CC[C@H]1C(=O)N(Cc1cc(C(F)(F)F)cc(C(F)(F)F)c1)C1CC1.